The second-order valence-electron chi connectivity index (χ2n) is 11.4. The number of anilines is 4. The van der Waals surface area contributed by atoms with Gasteiger partial charge in [-0.2, -0.15) is 5.10 Å². The molecule has 3 aliphatic heterocycles. The predicted octanol–water partition coefficient (Wildman–Crippen LogP) is 3.90. The normalized spacial score (nSPS) is 21.3. The van der Waals surface area contributed by atoms with E-state index >= 15 is 4.39 Å². The molecule has 4 aliphatic rings. The van der Waals surface area contributed by atoms with Gasteiger partial charge in [-0.25, -0.2) is 18.7 Å². The highest BCUT2D eigenvalue weighted by molar-refractivity contribution is 6.03. The highest BCUT2D eigenvalue weighted by Gasteiger charge is 2.46. The topological polar surface area (TPSA) is 107 Å². The number of halogens is 2. The van der Waals surface area contributed by atoms with Gasteiger partial charge in [-0.1, -0.05) is 12.1 Å². The molecule has 2 aromatic carbocycles. The van der Waals surface area contributed by atoms with Crippen molar-refractivity contribution in [1.82, 2.24) is 20.2 Å². The number of H-pyrrole nitrogens is 1. The number of aromatic amines is 1. The van der Waals surface area contributed by atoms with Gasteiger partial charge in [-0.3, -0.25) is 9.89 Å². The Morgan fingerprint density at radius 1 is 0.975 bits per heavy atom. The van der Waals surface area contributed by atoms with E-state index in [4.69, 9.17) is 15.7 Å². The first-order valence-electron chi connectivity index (χ1n) is 13.8. The summed E-state index contributed by atoms with van der Waals surface area (Å²) < 4.78 is 29.1. The summed E-state index contributed by atoms with van der Waals surface area (Å²) in [7, 11) is 0. The van der Waals surface area contributed by atoms with Crippen LogP contribution in [0.2, 0.25) is 0 Å². The quantitative estimate of drug-likeness (QED) is 0.396. The SMILES string of the molecule is N[C@@H]1c2cc(F)ccc2CC12CCN(c1cnc3c(N4CCN5C(=O)CCc6ccc(F)c4c65)n[nH]c3n1)CC2. The van der Waals surface area contributed by atoms with E-state index in [0.29, 0.717) is 54.3 Å². The van der Waals surface area contributed by atoms with Crippen molar-refractivity contribution in [2.24, 2.45) is 11.1 Å². The molecule has 11 heteroatoms. The van der Waals surface area contributed by atoms with Crippen molar-refractivity contribution in [3.63, 3.8) is 0 Å². The Hall–Kier alpha value is -4.12. The van der Waals surface area contributed by atoms with Gasteiger partial charge in [0.25, 0.3) is 0 Å². The Balaban J connectivity index is 1.07. The molecule has 0 bridgehead atoms. The number of amides is 1. The Bertz CT molecular complexity index is 1700. The molecule has 204 valence electrons. The number of nitrogens with two attached hydrogens (primary N) is 1. The first-order chi connectivity index (χ1) is 19.4. The zero-order chi connectivity index (χ0) is 27.2. The van der Waals surface area contributed by atoms with Crippen LogP contribution in [0, 0.1) is 17.0 Å². The molecule has 1 atom stereocenters. The van der Waals surface area contributed by atoms with E-state index in [-0.39, 0.29) is 23.2 Å². The number of fused-ring (bicyclic) bond motifs is 2. The first kappa shape index (κ1) is 23.7. The monoisotopic (exact) mass is 542 g/mol. The van der Waals surface area contributed by atoms with Gasteiger partial charge >= 0.3 is 0 Å². The van der Waals surface area contributed by atoms with Crippen LogP contribution < -0.4 is 20.4 Å². The number of nitrogens with zero attached hydrogens (tertiary/aromatic N) is 6. The van der Waals surface area contributed by atoms with Gasteiger partial charge in [0.15, 0.2) is 17.0 Å². The summed E-state index contributed by atoms with van der Waals surface area (Å²) in [6.45, 7) is 2.39. The molecular formula is C29H28F2N8O. The van der Waals surface area contributed by atoms with Gasteiger partial charge in [0.1, 0.15) is 23.1 Å². The molecule has 3 N–H and O–H groups in total. The lowest BCUT2D eigenvalue weighted by molar-refractivity contribution is -0.118. The number of hydrogen-bond acceptors (Lipinski definition) is 7. The summed E-state index contributed by atoms with van der Waals surface area (Å²) in [6, 6.07) is 8.03. The van der Waals surface area contributed by atoms with Gasteiger partial charge in [0.05, 0.1) is 11.9 Å². The Morgan fingerprint density at radius 3 is 2.62 bits per heavy atom. The second kappa shape index (κ2) is 8.44. The van der Waals surface area contributed by atoms with Crippen LogP contribution in [0.4, 0.5) is 31.8 Å². The van der Waals surface area contributed by atoms with E-state index in [1.807, 2.05) is 11.0 Å². The summed E-state index contributed by atoms with van der Waals surface area (Å²) in [5.41, 5.74) is 11.7. The third-order valence-electron chi connectivity index (χ3n) is 9.41. The van der Waals surface area contributed by atoms with Crippen molar-refractivity contribution in [1.29, 1.82) is 0 Å². The fourth-order valence-electron chi connectivity index (χ4n) is 7.24. The fourth-order valence-corrected chi connectivity index (χ4v) is 7.24. The number of piperidine rings is 1. The minimum atomic E-state index is -0.392. The van der Waals surface area contributed by atoms with Crippen molar-refractivity contribution in [2.75, 3.05) is 40.9 Å². The number of hydrogen-bond donors (Lipinski definition) is 2. The summed E-state index contributed by atoms with van der Waals surface area (Å²) in [5, 5.41) is 7.50. The Labute approximate surface area is 229 Å². The van der Waals surface area contributed by atoms with Crippen LogP contribution in [0.25, 0.3) is 11.2 Å². The molecule has 1 aliphatic carbocycles. The summed E-state index contributed by atoms with van der Waals surface area (Å²) >= 11 is 0. The zero-order valence-electron chi connectivity index (χ0n) is 21.8. The molecule has 40 heavy (non-hydrogen) atoms. The zero-order valence-corrected chi connectivity index (χ0v) is 21.8. The van der Waals surface area contributed by atoms with Gasteiger partial charge in [-0.15, -0.1) is 0 Å². The molecule has 1 fully saturated rings. The van der Waals surface area contributed by atoms with E-state index in [1.165, 1.54) is 12.1 Å². The number of aromatic nitrogens is 4. The summed E-state index contributed by atoms with van der Waals surface area (Å²) in [4.78, 5) is 27.8. The van der Waals surface area contributed by atoms with Crippen LogP contribution in [0.15, 0.2) is 36.5 Å². The van der Waals surface area contributed by atoms with Crippen LogP contribution in [-0.2, 0) is 17.6 Å². The molecule has 1 spiro atoms. The van der Waals surface area contributed by atoms with E-state index in [2.05, 4.69) is 15.1 Å². The largest absolute Gasteiger partial charge is 0.355 e. The van der Waals surface area contributed by atoms with Crippen LogP contribution in [0.3, 0.4) is 0 Å². The lowest BCUT2D eigenvalue weighted by atomic mass is 9.73. The molecular weight excluding hydrogens is 514 g/mol. The van der Waals surface area contributed by atoms with E-state index in [1.54, 1.807) is 23.2 Å². The standard InChI is InChI=1S/C29H28F2N8O/c30-18-4-1-17-14-29(26(32)19(17)13-18)7-9-37(10-8-29)21-15-33-23-27(34-21)35-36-28(23)39-12-11-38-22(40)6-3-16-2-5-20(31)25(39)24(16)38/h1-2,4-5,13,15,26H,3,6-12,14,32H2,(H,34,35,36)/t26-/m1/s1. The number of benzene rings is 2. The second-order valence-corrected chi connectivity index (χ2v) is 11.4. The molecule has 5 heterocycles. The van der Waals surface area contributed by atoms with Crippen molar-refractivity contribution < 1.29 is 13.6 Å². The minimum Gasteiger partial charge on any atom is -0.355 e. The van der Waals surface area contributed by atoms with E-state index in [0.717, 1.165) is 54.9 Å². The van der Waals surface area contributed by atoms with Crippen molar-refractivity contribution >= 4 is 40.1 Å². The number of aryl methyl sites for hydroxylation is 1. The molecule has 9 nitrogen and oxygen atoms in total. The van der Waals surface area contributed by atoms with Crippen LogP contribution in [-0.4, -0.2) is 52.3 Å². The van der Waals surface area contributed by atoms with Crippen LogP contribution in [0.5, 0.6) is 0 Å². The lowest BCUT2D eigenvalue weighted by Crippen LogP contribution is -2.45. The highest BCUT2D eigenvalue weighted by atomic mass is 19.1. The van der Waals surface area contributed by atoms with Crippen molar-refractivity contribution in [3.8, 4) is 0 Å². The Kier molecular flexibility index (Phi) is 5.01. The van der Waals surface area contributed by atoms with Crippen molar-refractivity contribution in [2.45, 2.75) is 38.1 Å². The molecule has 4 aromatic rings. The van der Waals surface area contributed by atoms with Crippen LogP contribution >= 0.6 is 0 Å². The molecule has 0 unspecified atom stereocenters. The van der Waals surface area contributed by atoms with Crippen molar-refractivity contribution in [3.05, 3.63) is 64.9 Å². The molecule has 8 rings (SSSR count). The Morgan fingerprint density at radius 2 is 1.77 bits per heavy atom. The van der Waals surface area contributed by atoms with E-state index in [9.17, 15) is 9.18 Å². The molecule has 0 radical (unpaired) electrons. The maximum Gasteiger partial charge on any atom is 0.227 e. The summed E-state index contributed by atoms with van der Waals surface area (Å²) in [5.74, 6) is 0.630. The van der Waals surface area contributed by atoms with Gasteiger partial charge < -0.3 is 20.4 Å². The average molecular weight is 543 g/mol. The number of carbonyl (C=O) groups is 1. The van der Waals surface area contributed by atoms with Crippen LogP contribution in [0.1, 0.15) is 42.0 Å². The van der Waals surface area contributed by atoms with Gasteiger partial charge in [0, 0.05) is 38.6 Å². The predicted molar refractivity (Wildman–Crippen MR) is 147 cm³/mol. The smallest absolute Gasteiger partial charge is 0.227 e. The average Bonchev–Trinajstić information content (AvgIpc) is 3.50. The third kappa shape index (κ3) is 3.33. The lowest BCUT2D eigenvalue weighted by Gasteiger charge is -2.42. The fraction of sp³-hybridized carbons (Fsp3) is 0.379. The molecule has 2 aromatic heterocycles. The molecule has 1 amide bonds. The highest BCUT2D eigenvalue weighted by Crippen LogP contribution is 2.51. The first-order valence-corrected chi connectivity index (χ1v) is 13.8. The number of nitrogens with one attached hydrogen (secondary N) is 1. The molecule has 1 saturated heterocycles. The third-order valence-corrected chi connectivity index (χ3v) is 9.41. The maximum absolute atomic E-state index is 15.2. The minimum absolute atomic E-state index is 0.0215. The number of rotatable bonds is 2. The molecule has 0 saturated carbocycles. The van der Waals surface area contributed by atoms with E-state index < -0.39 is 5.82 Å². The van der Waals surface area contributed by atoms with Gasteiger partial charge in [-0.05, 0) is 66.0 Å². The summed E-state index contributed by atoms with van der Waals surface area (Å²) in [6.07, 6.45) is 5.40. The van der Waals surface area contributed by atoms with Gasteiger partial charge in [0.2, 0.25) is 5.91 Å². The maximum atomic E-state index is 15.2. The number of carbonyl (C=O) groups excluding carboxylic acids is 1.